The lowest BCUT2D eigenvalue weighted by atomic mass is 9.75. The Labute approximate surface area is 160 Å². The first-order valence-corrected chi connectivity index (χ1v) is 9.31. The minimum atomic E-state index is -1.38. The van der Waals surface area contributed by atoms with Crippen LogP contribution in [0.15, 0.2) is 24.3 Å². The van der Waals surface area contributed by atoms with Gasteiger partial charge in [-0.3, -0.25) is 19.7 Å². The maximum atomic E-state index is 13.1. The van der Waals surface area contributed by atoms with Gasteiger partial charge in [-0.2, -0.15) is 4.90 Å². The van der Waals surface area contributed by atoms with Crippen molar-refractivity contribution >= 4 is 46.3 Å². The number of nitrogens with one attached hydrogen (secondary N) is 1. The van der Waals surface area contributed by atoms with Crippen LogP contribution in [0.1, 0.15) is 50.4 Å². The van der Waals surface area contributed by atoms with Gasteiger partial charge in [0.25, 0.3) is 11.8 Å². The molecule has 25 heavy (non-hydrogen) atoms. The summed E-state index contributed by atoms with van der Waals surface area (Å²) in [5.41, 5.74) is -1.12. The second kappa shape index (κ2) is 7.63. The molecular weight excluding hydrogens is 435 g/mol. The number of hydrogen-bond acceptors (Lipinski definition) is 4. The predicted octanol–water partition coefficient (Wildman–Crippen LogP) is 3.34. The van der Waals surface area contributed by atoms with Crippen molar-refractivity contribution in [3.8, 4) is 0 Å². The van der Waals surface area contributed by atoms with Gasteiger partial charge >= 0.3 is 6.03 Å². The van der Waals surface area contributed by atoms with Gasteiger partial charge in [-0.15, -0.1) is 0 Å². The number of hydrogen-bond donors (Lipinski definition) is 1. The van der Waals surface area contributed by atoms with E-state index in [0.717, 1.165) is 0 Å². The molecule has 1 aliphatic rings. The molecule has 6 nitrogen and oxygen atoms in total. The highest BCUT2D eigenvalue weighted by Gasteiger charge is 2.54. The third-order valence-electron chi connectivity index (χ3n) is 4.53. The number of urea groups is 1. The van der Waals surface area contributed by atoms with Gasteiger partial charge in [-0.1, -0.05) is 32.9 Å². The molecular formula is C18H21IN2O4. The average Bonchev–Trinajstić information content (AvgIpc) is 2.55. The normalized spacial score (nSPS) is 20.8. The van der Waals surface area contributed by atoms with Gasteiger partial charge in [0.15, 0.2) is 0 Å². The van der Waals surface area contributed by atoms with Crippen LogP contribution in [0.2, 0.25) is 0 Å². The smallest absolute Gasteiger partial charge is 0.276 e. The molecule has 0 radical (unpaired) electrons. The number of amides is 5. The highest BCUT2D eigenvalue weighted by molar-refractivity contribution is 14.1. The second-order valence-electron chi connectivity index (χ2n) is 6.55. The minimum absolute atomic E-state index is 0.229. The van der Waals surface area contributed by atoms with Crippen LogP contribution in [-0.2, 0) is 9.59 Å². The number of halogens is 1. The van der Waals surface area contributed by atoms with Crippen LogP contribution in [0, 0.1) is 14.9 Å². The Balaban J connectivity index is 2.43. The Bertz CT molecular complexity index is 732. The van der Waals surface area contributed by atoms with Gasteiger partial charge in [-0.25, -0.2) is 4.79 Å². The molecule has 1 fully saturated rings. The fourth-order valence-electron chi connectivity index (χ4n) is 2.86. The lowest BCUT2D eigenvalue weighted by molar-refractivity contribution is -0.150. The molecule has 5 amide bonds. The van der Waals surface area contributed by atoms with E-state index in [9.17, 15) is 19.2 Å². The number of nitrogens with zero attached hydrogens (tertiary/aromatic N) is 1. The summed E-state index contributed by atoms with van der Waals surface area (Å²) in [6.45, 7) is 5.71. The number of carbonyl (C=O) groups excluding carboxylic acids is 4. The van der Waals surface area contributed by atoms with Gasteiger partial charge in [0.05, 0.1) is 5.56 Å². The van der Waals surface area contributed by atoms with Crippen LogP contribution < -0.4 is 5.32 Å². The first kappa shape index (κ1) is 19.6. The second-order valence-corrected chi connectivity index (χ2v) is 7.72. The molecule has 1 aromatic carbocycles. The summed E-state index contributed by atoms with van der Waals surface area (Å²) < 4.78 is 0.631. The summed E-state index contributed by atoms with van der Waals surface area (Å²) in [4.78, 5) is 51.2. The van der Waals surface area contributed by atoms with E-state index in [1.54, 1.807) is 31.2 Å². The quantitative estimate of drug-likeness (QED) is 0.419. The summed E-state index contributed by atoms with van der Waals surface area (Å²) in [6.07, 6.45) is 1.17. The van der Waals surface area contributed by atoms with E-state index in [1.165, 1.54) is 0 Å². The molecule has 0 aliphatic carbocycles. The van der Waals surface area contributed by atoms with Gasteiger partial charge in [-0.05, 0) is 59.9 Å². The molecule has 2 rings (SSSR count). The van der Waals surface area contributed by atoms with Gasteiger partial charge in [0.2, 0.25) is 5.91 Å². The fraction of sp³-hybridized carbons (Fsp3) is 0.444. The topological polar surface area (TPSA) is 83.6 Å². The van der Waals surface area contributed by atoms with E-state index in [0.29, 0.717) is 27.2 Å². The van der Waals surface area contributed by atoms with Crippen molar-refractivity contribution in [2.75, 3.05) is 0 Å². The molecule has 1 atom stereocenters. The third-order valence-corrected chi connectivity index (χ3v) is 5.47. The summed E-state index contributed by atoms with van der Waals surface area (Å²) in [6, 6.07) is 5.73. The number of barbiturate groups is 1. The molecule has 1 N–H and O–H groups in total. The van der Waals surface area contributed by atoms with Gasteiger partial charge < -0.3 is 0 Å². The zero-order valence-corrected chi connectivity index (χ0v) is 16.6. The van der Waals surface area contributed by atoms with Crippen LogP contribution in [0.5, 0.6) is 0 Å². The molecule has 0 aromatic heterocycles. The van der Waals surface area contributed by atoms with Crippen molar-refractivity contribution in [2.24, 2.45) is 11.3 Å². The summed E-state index contributed by atoms with van der Waals surface area (Å²) in [5.74, 6) is -1.75. The van der Waals surface area contributed by atoms with E-state index in [1.807, 2.05) is 36.4 Å². The van der Waals surface area contributed by atoms with Crippen molar-refractivity contribution in [1.29, 1.82) is 0 Å². The predicted molar refractivity (Wildman–Crippen MR) is 101 cm³/mol. The monoisotopic (exact) mass is 456 g/mol. The lowest BCUT2D eigenvalue weighted by Gasteiger charge is -2.38. The zero-order chi connectivity index (χ0) is 18.8. The molecule has 1 aromatic rings. The van der Waals surface area contributed by atoms with Crippen molar-refractivity contribution in [3.63, 3.8) is 0 Å². The Kier molecular flexibility index (Phi) is 5.97. The molecule has 0 saturated carbocycles. The van der Waals surface area contributed by atoms with Crippen molar-refractivity contribution < 1.29 is 19.2 Å². The standard InChI is InChI=1S/C18H21IN2O4/c1-4-18(10-9-11(2)3)15(23)20-17(25)21(16(18)24)14(22)12-7-5-6-8-13(12)19/h5-8,11H,4,9-10H2,1-3H3,(H,20,23,25)/t18-/m1/s1. The third kappa shape index (κ3) is 3.61. The summed E-state index contributed by atoms with van der Waals surface area (Å²) >= 11 is 1.98. The van der Waals surface area contributed by atoms with Crippen LogP contribution in [0.4, 0.5) is 4.79 Å². The highest BCUT2D eigenvalue weighted by atomic mass is 127. The fourth-order valence-corrected chi connectivity index (χ4v) is 3.48. The van der Waals surface area contributed by atoms with Crippen LogP contribution in [0.25, 0.3) is 0 Å². The lowest BCUT2D eigenvalue weighted by Crippen LogP contribution is -2.65. The van der Waals surface area contributed by atoms with E-state index in [2.05, 4.69) is 5.32 Å². The van der Waals surface area contributed by atoms with Crippen molar-refractivity contribution in [2.45, 2.75) is 40.0 Å². The van der Waals surface area contributed by atoms with E-state index in [-0.39, 0.29) is 12.0 Å². The zero-order valence-electron chi connectivity index (χ0n) is 14.5. The van der Waals surface area contributed by atoms with E-state index in [4.69, 9.17) is 0 Å². The molecule has 0 unspecified atom stereocenters. The minimum Gasteiger partial charge on any atom is -0.276 e. The maximum absolute atomic E-state index is 13.1. The first-order chi connectivity index (χ1) is 11.7. The Morgan fingerprint density at radius 3 is 2.44 bits per heavy atom. The highest BCUT2D eigenvalue weighted by Crippen LogP contribution is 2.36. The Morgan fingerprint density at radius 2 is 1.88 bits per heavy atom. The SMILES string of the molecule is CC[C@@]1(CCC(C)C)C(=O)NC(=O)N(C(=O)c2ccccc2I)C1=O. The molecule has 0 spiro atoms. The van der Waals surface area contributed by atoms with Crippen molar-refractivity contribution in [1.82, 2.24) is 10.2 Å². The van der Waals surface area contributed by atoms with Crippen LogP contribution >= 0.6 is 22.6 Å². The summed E-state index contributed by atoms with van der Waals surface area (Å²) in [7, 11) is 0. The number of rotatable bonds is 5. The van der Waals surface area contributed by atoms with Gasteiger partial charge in [0.1, 0.15) is 5.41 Å². The number of carbonyl (C=O) groups is 4. The largest absolute Gasteiger partial charge is 0.338 e. The van der Waals surface area contributed by atoms with E-state index < -0.39 is 29.2 Å². The number of benzene rings is 1. The molecule has 1 aliphatic heterocycles. The molecule has 134 valence electrons. The van der Waals surface area contributed by atoms with Crippen LogP contribution in [0.3, 0.4) is 0 Å². The number of imide groups is 4. The van der Waals surface area contributed by atoms with Crippen LogP contribution in [-0.4, -0.2) is 28.7 Å². The van der Waals surface area contributed by atoms with Crippen molar-refractivity contribution in [3.05, 3.63) is 33.4 Å². The average molecular weight is 456 g/mol. The molecule has 0 bridgehead atoms. The molecule has 7 heteroatoms. The molecule has 1 saturated heterocycles. The Hall–Kier alpha value is -1.77. The van der Waals surface area contributed by atoms with E-state index >= 15 is 0 Å². The first-order valence-electron chi connectivity index (χ1n) is 8.23. The summed E-state index contributed by atoms with van der Waals surface area (Å²) in [5, 5.41) is 2.20. The molecule has 1 heterocycles. The maximum Gasteiger partial charge on any atom is 0.338 e. The Morgan fingerprint density at radius 1 is 1.24 bits per heavy atom. The van der Waals surface area contributed by atoms with Gasteiger partial charge in [0, 0.05) is 3.57 Å².